The van der Waals surface area contributed by atoms with E-state index in [0.29, 0.717) is 38.6 Å². The zero-order valence-corrected chi connectivity index (χ0v) is 16.7. The maximum Gasteiger partial charge on any atom is 0.332 e. The largest absolute Gasteiger partial charge is 0.356 e. The molecule has 9 heteroatoms. The van der Waals surface area contributed by atoms with Crippen LogP contribution in [0.2, 0.25) is 0 Å². The summed E-state index contributed by atoms with van der Waals surface area (Å²) in [5.41, 5.74) is -0.628. The third-order valence-corrected chi connectivity index (χ3v) is 5.26. The third-order valence-electron chi connectivity index (χ3n) is 5.26. The van der Waals surface area contributed by atoms with E-state index < -0.39 is 23.3 Å². The molecule has 0 saturated carbocycles. The van der Waals surface area contributed by atoms with Crippen LogP contribution in [0.4, 0.5) is 0 Å². The highest BCUT2D eigenvalue weighted by Crippen LogP contribution is 2.36. The Labute approximate surface area is 174 Å². The molecule has 0 unspecified atom stereocenters. The summed E-state index contributed by atoms with van der Waals surface area (Å²) in [4.78, 5) is 65.1. The molecule has 3 aliphatic rings. The summed E-state index contributed by atoms with van der Waals surface area (Å²) in [6, 6.07) is 0. The smallest absolute Gasteiger partial charge is 0.332 e. The van der Waals surface area contributed by atoms with Crippen molar-refractivity contribution in [2.45, 2.75) is 50.5 Å². The van der Waals surface area contributed by atoms with Crippen molar-refractivity contribution in [3.8, 4) is 0 Å². The maximum absolute atomic E-state index is 12.1. The quantitative estimate of drug-likeness (QED) is 0.419. The van der Waals surface area contributed by atoms with Gasteiger partial charge >= 0.3 is 5.97 Å². The van der Waals surface area contributed by atoms with E-state index in [2.05, 4.69) is 5.32 Å². The summed E-state index contributed by atoms with van der Waals surface area (Å²) in [5.74, 6) is -1.69. The van der Waals surface area contributed by atoms with Gasteiger partial charge in [-0.1, -0.05) is 30.7 Å². The lowest BCUT2D eigenvalue weighted by Gasteiger charge is -2.29. The molecule has 4 amide bonds. The lowest BCUT2D eigenvalue weighted by Crippen LogP contribution is -2.43. The van der Waals surface area contributed by atoms with Gasteiger partial charge in [0.05, 0.1) is 0 Å². The Morgan fingerprint density at radius 3 is 2.40 bits per heavy atom. The molecule has 1 fully saturated rings. The Bertz CT molecular complexity index is 799. The van der Waals surface area contributed by atoms with Crippen molar-refractivity contribution in [3.63, 3.8) is 0 Å². The molecule has 0 aromatic heterocycles. The minimum absolute atomic E-state index is 0.0555. The van der Waals surface area contributed by atoms with Gasteiger partial charge in [0.15, 0.2) is 0 Å². The number of imide groups is 1. The molecular formula is C21H25N3O6. The molecule has 0 aromatic carbocycles. The second-order valence-corrected chi connectivity index (χ2v) is 7.43. The topological polar surface area (TPSA) is 113 Å². The van der Waals surface area contributed by atoms with E-state index in [0.717, 1.165) is 4.90 Å². The van der Waals surface area contributed by atoms with Crippen LogP contribution in [0.1, 0.15) is 44.9 Å². The number of nitrogens with one attached hydrogen (secondary N) is 1. The molecule has 2 heterocycles. The zero-order chi connectivity index (χ0) is 21.6. The van der Waals surface area contributed by atoms with Crippen LogP contribution in [0.3, 0.4) is 0 Å². The minimum Gasteiger partial charge on any atom is -0.356 e. The lowest BCUT2D eigenvalue weighted by atomic mass is 10.0. The number of carbonyl (C=O) groups excluding carboxylic acids is 5. The fraction of sp³-hybridized carbons (Fsp3) is 0.476. The van der Waals surface area contributed by atoms with Crippen molar-refractivity contribution in [2.24, 2.45) is 0 Å². The first-order chi connectivity index (χ1) is 14.4. The van der Waals surface area contributed by atoms with Crippen molar-refractivity contribution >= 4 is 29.6 Å². The van der Waals surface area contributed by atoms with Gasteiger partial charge in [0.2, 0.25) is 5.91 Å². The van der Waals surface area contributed by atoms with Crippen molar-refractivity contribution in [1.29, 1.82) is 0 Å². The highest BCUT2D eigenvalue weighted by Gasteiger charge is 2.45. The molecule has 3 rings (SSSR count). The summed E-state index contributed by atoms with van der Waals surface area (Å²) in [5, 5.41) is 3.91. The monoisotopic (exact) mass is 415 g/mol. The van der Waals surface area contributed by atoms with Gasteiger partial charge in [0, 0.05) is 44.5 Å². The number of amides is 4. The summed E-state index contributed by atoms with van der Waals surface area (Å²) in [6.07, 6.45) is 12.9. The van der Waals surface area contributed by atoms with E-state index in [1.54, 1.807) is 0 Å². The fourth-order valence-electron chi connectivity index (χ4n) is 3.58. The van der Waals surface area contributed by atoms with Crippen molar-refractivity contribution < 1.29 is 28.8 Å². The van der Waals surface area contributed by atoms with E-state index in [1.807, 2.05) is 24.3 Å². The van der Waals surface area contributed by atoms with Crippen LogP contribution in [0.5, 0.6) is 0 Å². The molecule has 0 bridgehead atoms. The molecule has 9 nitrogen and oxygen atoms in total. The number of carbonyl (C=O) groups is 5. The molecule has 0 aromatic rings. The average molecular weight is 415 g/mol. The Kier molecular flexibility index (Phi) is 6.81. The summed E-state index contributed by atoms with van der Waals surface area (Å²) >= 11 is 0. The molecule has 1 saturated heterocycles. The van der Waals surface area contributed by atoms with Crippen molar-refractivity contribution in [1.82, 2.24) is 15.3 Å². The Balaban J connectivity index is 1.25. The van der Waals surface area contributed by atoms with Gasteiger partial charge in [0.25, 0.3) is 17.7 Å². The summed E-state index contributed by atoms with van der Waals surface area (Å²) in [7, 11) is 0. The first-order valence-corrected chi connectivity index (χ1v) is 10.1. The molecule has 160 valence electrons. The Morgan fingerprint density at radius 2 is 1.70 bits per heavy atom. The van der Waals surface area contributed by atoms with Gasteiger partial charge in [-0.25, -0.2) is 4.79 Å². The highest BCUT2D eigenvalue weighted by molar-refractivity contribution is 6.13. The highest BCUT2D eigenvalue weighted by atomic mass is 16.7. The first-order valence-electron chi connectivity index (χ1n) is 10.1. The number of hydroxylamine groups is 2. The van der Waals surface area contributed by atoms with Gasteiger partial charge in [-0.05, 0) is 19.3 Å². The van der Waals surface area contributed by atoms with E-state index in [4.69, 9.17) is 4.84 Å². The molecule has 1 spiro atoms. The van der Waals surface area contributed by atoms with Gasteiger partial charge in [-0.15, -0.1) is 0 Å². The molecule has 2 aliphatic heterocycles. The van der Waals surface area contributed by atoms with Gasteiger partial charge in [-0.3, -0.25) is 24.1 Å². The normalized spacial score (nSPS) is 18.9. The van der Waals surface area contributed by atoms with Crippen LogP contribution >= 0.6 is 0 Å². The van der Waals surface area contributed by atoms with E-state index in [9.17, 15) is 24.0 Å². The van der Waals surface area contributed by atoms with E-state index in [-0.39, 0.29) is 31.2 Å². The van der Waals surface area contributed by atoms with Crippen molar-refractivity contribution in [3.05, 3.63) is 36.5 Å². The number of unbranched alkanes of at least 4 members (excludes halogenated alkanes) is 2. The Morgan fingerprint density at radius 1 is 1.00 bits per heavy atom. The maximum atomic E-state index is 12.1. The molecule has 1 N–H and O–H groups in total. The number of rotatable bonds is 10. The standard InChI is InChI=1S/C21H25N3O6/c25-16(10-15-23-17(26)7-8-18(23)27)22-14-5-1-2-6-20(29)30-24-19(28)9-13-21(24)11-3-4-12-21/h3-4,7-8,11-12H,1-2,5-6,9-10,13-15H2,(H,22,25). The molecule has 0 atom stereocenters. The second kappa shape index (κ2) is 9.51. The van der Waals surface area contributed by atoms with Crippen LogP contribution in [-0.2, 0) is 28.8 Å². The van der Waals surface area contributed by atoms with Gasteiger partial charge in [-0.2, -0.15) is 5.06 Å². The predicted octanol–water partition coefficient (Wildman–Crippen LogP) is 0.923. The van der Waals surface area contributed by atoms with Crippen molar-refractivity contribution in [2.75, 3.05) is 13.1 Å². The number of hydrogen-bond acceptors (Lipinski definition) is 6. The minimum atomic E-state index is -0.628. The molecular weight excluding hydrogens is 390 g/mol. The second-order valence-electron chi connectivity index (χ2n) is 7.43. The van der Waals surface area contributed by atoms with Crippen LogP contribution in [0.25, 0.3) is 0 Å². The number of allylic oxidation sites excluding steroid dienone is 2. The van der Waals surface area contributed by atoms with E-state index in [1.165, 1.54) is 17.2 Å². The SMILES string of the molecule is O=C(CCN1C(=O)C=CC1=O)NCCCCCC(=O)ON1C(=O)CCC12C=CC=C2. The molecule has 1 aliphatic carbocycles. The third kappa shape index (κ3) is 5.03. The van der Waals surface area contributed by atoms with Gasteiger partial charge in [0.1, 0.15) is 5.54 Å². The Hall–Kier alpha value is -3.23. The first kappa shape index (κ1) is 21.5. The lowest BCUT2D eigenvalue weighted by molar-refractivity contribution is -0.204. The number of nitrogens with zero attached hydrogens (tertiary/aromatic N) is 2. The van der Waals surface area contributed by atoms with E-state index >= 15 is 0 Å². The van der Waals surface area contributed by atoms with Crippen LogP contribution in [0.15, 0.2) is 36.5 Å². The zero-order valence-electron chi connectivity index (χ0n) is 16.7. The number of hydrogen-bond donors (Lipinski definition) is 1. The molecule has 30 heavy (non-hydrogen) atoms. The average Bonchev–Trinajstić information content (AvgIpc) is 3.40. The predicted molar refractivity (Wildman–Crippen MR) is 105 cm³/mol. The van der Waals surface area contributed by atoms with Crippen LogP contribution in [-0.4, -0.2) is 58.2 Å². The van der Waals surface area contributed by atoms with Crippen LogP contribution < -0.4 is 5.32 Å². The molecule has 0 radical (unpaired) electrons. The fourth-order valence-corrected chi connectivity index (χ4v) is 3.58. The van der Waals surface area contributed by atoms with Gasteiger partial charge < -0.3 is 10.2 Å². The summed E-state index contributed by atoms with van der Waals surface area (Å²) < 4.78 is 0. The van der Waals surface area contributed by atoms with Crippen LogP contribution in [0, 0.1) is 0 Å². The summed E-state index contributed by atoms with van der Waals surface area (Å²) in [6.45, 7) is 0.501.